The Kier molecular flexibility index (Phi) is 4.40. The van der Waals surface area contributed by atoms with E-state index in [1.54, 1.807) is 0 Å². The van der Waals surface area contributed by atoms with E-state index in [1.807, 2.05) is 6.08 Å². The van der Waals surface area contributed by atoms with Crippen molar-refractivity contribution in [3.05, 3.63) is 47.1 Å². The maximum Gasteiger partial charge on any atom is 0.127 e. The molecule has 3 saturated carbocycles. The number of halogens is 1. The molecule has 0 aliphatic heterocycles. The van der Waals surface area contributed by atoms with Crippen LogP contribution in [0.4, 0.5) is 4.39 Å². The Morgan fingerprint density at radius 2 is 2.10 bits per heavy atom. The molecule has 3 heteroatoms. The van der Waals surface area contributed by atoms with Gasteiger partial charge in [0.05, 0.1) is 11.7 Å². The second-order valence-electron chi connectivity index (χ2n) is 10.7. The molecule has 2 N–H and O–H groups in total. The minimum Gasteiger partial charge on any atom is -0.393 e. The van der Waals surface area contributed by atoms with E-state index in [1.165, 1.54) is 11.1 Å². The number of hydrogen-bond acceptors (Lipinski definition) is 2. The molecule has 172 valence electrons. The van der Waals surface area contributed by atoms with Gasteiger partial charge < -0.3 is 10.2 Å². The van der Waals surface area contributed by atoms with Crippen LogP contribution in [0.3, 0.4) is 0 Å². The molecule has 3 fully saturated rings. The SMILES string of the molecule is [2H]C([2H])([2H])C(O)(CCCC1(C2=CCC3C(=CC=C4CC(O)C[C@H](F)C4=C)CCC[C@]23C)CC1)C([2H])([2H])[2H]. The maximum absolute atomic E-state index is 14.2. The molecule has 0 aromatic carbocycles. The predicted octanol–water partition coefficient (Wildman–Crippen LogP) is 6.75. The van der Waals surface area contributed by atoms with Gasteiger partial charge in [-0.1, -0.05) is 42.9 Å². The van der Waals surface area contributed by atoms with Gasteiger partial charge in [0, 0.05) is 14.6 Å². The highest BCUT2D eigenvalue weighted by molar-refractivity contribution is 5.42. The number of aliphatic hydroxyl groups excluding tert-OH is 1. The van der Waals surface area contributed by atoms with Crippen molar-refractivity contribution < 1.29 is 22.8 Å². The van der Waals surface area contributed by atoms with E-state index in [9.17, 15) is 14.6 Å². The van der Waals surface area contributed by atoms with Crippen LogP contribution in [-0.4, -0.2) is 28.1 Å². The fourth-order valence-corrected chi connectivity index (χ4v) is 6.56. The lowest BCUT2D eigenvalue weighted by molar-refractivity contribution is 0.0664. The van der Waals surface area contributed by atoms with Crippen LogP contribution in [0.5, 0.6) is 0 Å². The smallest absolute Gasteiger partial charge is 0.127 e. The Hall–Kier alpha value is -1.19. The van der Waals surface area contributed by atoms with Crippen molar-refractivity contribution in [3.8, 4) is 0 Å². The van der Waals surface area contributed by atoms with Crippen LogP contribution in [0.2, 0.25) is 0 Å². The Bertz CT molecular complexity index is 989. The summed E-state index contributed by atoms with van der Waals surface area (Å²) >= 11 is 0. The van der Waals surface area contributed by atoms with Crippen molar-refractivity contribution in [1.82, 2.24) is 0 Å². The van der Waals surface area contributed by atoms with Gasteiger partial charge in [-0.3, -0.25) is 0 Å². The molecule has 4 aliphatic carbocycles. The van der Waals surface area contributed by atoms with Gasteiger partial charge in [-0.05, 0) is 106 Å². The molecule has 0 spiro atoms. The van der Waals surface area contributed by atoms with Crippen LogP contribution in [0.15, 0.2) is 47.1 Å². The molecule has 0 amide bonds. The number of fused-ring (bicyclic) bond motifs is 1. The fourth-order valence-electron chi connectivity index (χ4n) is 6.56. The third-order valence-electron chi connectivity index (χ3n) is 8.39. The molecule has 0 heterocycles. The quantitative estimate of drug-likeness (QED) is 0.454. The zero-order chi connectivity index (χ0) is 27.4. The predicted molar refractivity (Wildman–Crippen MR) is 125 cm³/mol. The van der Waals surface area contributed by atoms with Crippen LogP contribution in [-0.2, 0) is 0 Å². The summed E-state index contributed by atoms with van der Waals surface area (Å²) in [6.45, 7) is 0.271. The highest BCUT2D eigenvalue weighted by Gasteiger charge is 2.56. The topological polar surface area (TPSA) is 40.5 Å². The molecule has 2 unspecified atom stereocenters. The second-order valence-corrected chi connectivity index (χ2v) is 10.7. The van der Waals surface area contributed by atoms with Gasteiger partial charge in [-0.2, -0.15) is 0 Å². The lowest BCUT2D eigenvalue weighted by Crippen LogP contribution is -2.33. The monoisotopic (exact) mass is 434 g/mol. The number of allylic oxidation sites excluding steroid dienone is 6. The number of hydrogen-bond donors (Lipinski definition) is 2. The molecule has 31 heavy (non-hydrogen) atoms. The average Bonchev–Trinajstić information content (AvgIpc) is 3.46. The van der Waals surface area contributed by atoms with Gasteiger partial charge in [-0.25, -0.2) is 4.39 Å². The summed E-state index contributed by atoms with van der Waals surface area (Å²) in [5.74, 6) is 0.343. The molecule has 4 rings (SSSR count). The summed E-state index contributed by atoms with van der Waals surface area (Å²) in [5, 5.41) is 20.7. The highest BCUT2D eigenvalue weighted by atomic mass is 19.1. The summed E-state index contributed by atoms with van der Waals surface area (Å²) in [7, 11) is 0. The van der Waals surface area contributed by atoms with Crippen molar-refractivity contribution in [1.29, 1.82) is 0 Å². The largest absolute Gasteiger partial charge is 0.393 e. The standard InChI is InChI=1S/C28H41FO2/c1-19-21(17-22(30)18-24(19)29)9-8-20-7-5-13-27(4)23(20)10-11-25(27)28(15-16-28)14-6-12-26(2,3)31/h8-9,11,22-24,30-31H,1,5-7,10,12-18H2,2-4H3/t22?,23?,24-,27-/m0/s1/i2D3,3D3. The Labute approximate surface area is 196 Å². The van der Waals surface area contributed by atoms with Crippen LogP contribution in [0.1, 0.15) is 99.5 Å². The Morgan fingerprint density at radius 3 is 2.81 bits per heavy atom. The summed E-state index contributed by atoms with van der Waals surface area (Å²) in [6.07, 6.45) is 11.8. The van der Waals surface area contributed by atoms with E-state index in [0.29, 0.717) is 30.8 Å². The minimum absolute atomic E-state index is 0.0187. The number of alkyl halides is 1. The van der Waals surface area contributed by atoms with E-state index >= 15 is 0 Å². The molecule has 2 nitrogen and oxygen atoms in total. The minimum atomic E-state index is -2.97. The molecule has 0 radical (unpaired) electrons. The summed E-state index contributed by atoms with van der Waals surface area (Å²) < 4.78 is 60.1. The second kappa shape index (κ2) is 8.30. The van der Waals surface area contributed by atoms with Crippen LogP contribution in [0, 0.1) is 16.7 Å². The summed E-state index contributed by atoms with van der Waals surface area (Å²) in [4.78, 5) is 0. The van der Waals surface area contributed by atoms with Gasteiger partial charge in [0.1, 0.15) is 6.17 Å². The zero-order valence-electron chi connectivity index (χ0n) is 24.7. The van der Waals surface area contributed by atoms with Crippen molar-refractivity contribution in [3.63, 3.8) is 0 Å². The molecular formula is C28H41FO2. The summed E-state index contributed by atoms with van der Waals surface area (Å²) in [5.41, 5.74) is 1.24. The molecule has 4 atom stereocenters. The van der Waals surface area contributed by atoms with E-state index in [2.05, 4.69) is 25.7 Å². The van der Waals surface area contributed by atoms with Crippen molar-refractivity contribution in [2.75, 3.05) is 0 Å². The maximum atomic E-state index is 14.2. The van der Waals surface area contributed by atoms with Gasteiger partial charge >= 0.3 is 0 Å². The molecule has 0 aromatic rings. The van der Waals surface area contributed by atoms with E-state index in [4.69, 9.17) is 8.22 Å². The highest BCUT2D eigenvalue weighted by Crippen LogP contribution is 2.67. The van der Waals surface area contributed by atoms with Gasteiger partial charge in [0.15, 0.2) is 0 Å². The average molecular weight is 435 g/mol. The van der Waals surface area contributed by atoms with Gasteiger partial charge in [-0.15, -0.1) is 0 Å². The normalized spacial score (nSPS) is 41.5. The van der Waals surface area contributed by atoms with Crippen molar-refractivity contribution in [2.24, 2.45) is 16.7 Å². The van der Waals surface area contributed by atoms with Crippen molar-refractivity contribution in [2.45, 2.75) is 109 Å². The first kappa shape index (κ1) is 16.4. The summed E-state index contributed by atoms with van der Waals surface area (Å²) in [6, 6.07) is 0. The number of aliphatic hydroxyl groups is 2. The van der Waals surface area contributed by atoms with Crippen LogP contribution >= 0.6 is 0 Å². The zero-order valence-corrected chi connectivity index (χ0v) is 18.7. The lowest BCUT2D eigenvalue weighted by Gasteiger charge is -2.43. The molecule has 0 aromatic heterocycles. The van der Waals surface area contributed by atoms with E-state index < -0.39 is 31.6 Å². The van der Waals surface area contributed by atoms with Crippen LogP contribution in [0.25, 0.3) is 0 Å². The Morgan fingerprint density at radius 1 is 1.32 bits per heavy atom. The van der Waals surface area contributed by atoms with Gasteiger partial charge in [0.25, 0.3) is 0 Å². The first-order valence-corrected chi connectivity index (χ1v) is 11.9. The molecule has 0 bridgehead atoms. The van der Waals surface area contributed by atoms with Crippen LogP contribution < -0.4 is 0 Å². The molecule has 4 aliphatic rings. The molecular weight excluding hydrogens is 387 g/mol. The fraction of sp³-hybridized carbons (Fsp3) is 0.714. The van der Waals surface area contributed by atoms with E-state index in [0.717, 1.165) is 44.1 Å². The first-order chi connectivity index (χ1) is 17.0. The van der Waals surface area contributed by atoms with E-state index in [-0.39, 0.29) is 23.7 Å². The number of rotatable bonds is 6. The first-order valence-electron chi connectivity index (χ1n) is 14.9. The lowest BCUT2D eigenvalue weighted by atomic mass is 9.61. The molecule has 0 saturated heterocycles. The third-order valence-corrected chi connectivity index (χ3v) is 8.39. The Balaban J connectivity index is 1.48. The van der Waals surface area contributed by atoms with Gasteiger partial charge in [0.2, 0.25) is 0 Å². The third kappa shape index (κ3) is 4.64. The van der Waals surface area contributed by atoms with Crippen molar-refractivity contribution >= 4 is 0 Å².